The van der Waals surface area contributed by atoms with Crippen LogP contribution in [0.4, 0.5) is 0 Å². The van der Waals surface area contributed by atoms with Gasteiger partial charge < -0.3 is 14.2 Å². The molecule has 0 spiro atoms. The van der Waals surface area contributed by atoms with Crippen LogP contribution in [0.1, 0.15) is 59.2 Å². The van der Waals surface area contributed by atoms with Crippen molar-refractivity contribution in [2.24, 2.45) is 11.8 Å². The lowest BCUT2D eigenvalue weighted by Gasteiger charge is -2.44. The smallest absolute Gasteiger partial charge is 0.338 e. The van der Waals surface area contributed by atoms with Gasteiger partial charge in [0.05, 0.1) is 24.3 Å². The summed E-state index contributed by atoms with van der Waals surface area (Å²) in [5, 5.41) is 0. The minimum atomic E-state index is -0.256. The fourth-order valence-electron chi connectivity index (χ4n) is 7.67. The molecule has 0 aliphatic carbocycles. The first kappa shape index (κ1) is 26.5. The predicted octanol–water partition coefficient (Wildman–Crippen LogP) is 4.42. The van der Waals surface area contributed by atoms with Gasteiger partial charge in [0.1, 0.15) is 12.2 Å². The summed E-state index contributed by atoms with van der Waals surface area (Å²) in [5.74, 6) is -0.282. The second-order valence-corrected chi connectivity index (χ2v) is 11.9. The lowest BCUT2D eigenvalue weighted by atomic mass is 9.87. The molecule has 2 aromatic rings. The summed E-state index contributed by atoms with van der Waals surface area (Å²) < 4.78 is 18.8. The molecule has 2 aromatic carbocycles. The van der Waals surface area contributed by atoms with Crippen LogP contribution in [0.2, 0.25) is 0 Å². The van der Waals surface area contributed by atoms with Crippen molar-refractivity contribution < 1.29 is 23.8 Å². The highest BCUT2D eigenvalue weighted by Gasteiger charge is 2.49. The van der Waals surface area contributed by atoms with Crippen LogP contribution < -0.4 is 0 Å². The first-order valence-electron chi connectivity index (χ1n) is 14.5. The molecule has 0 amide bonds. The summed E-state index contributed by atoms with van der Waals surface area (Å²) in [6.45, 7) is 1.06. The van der Waals surface area contributed by atoms with Crippen molar-refractivity contribution in [2.75, 3.05) is 27.3 Å². The summed E-state index contributed by atoms with van der Waals surface area (Å²) in [4.78, 5) is 30.8. The third-order valence-corrected chi connectivity index (χ3v) is 9.90. The molecule has 0 saturated carbocycles. The normalized spacial score (nSPS) is 34.1. The van der Waals surface area contributed by atoms with Crippen molar-refractivity contribution in [3.8, 4) is 0 Å². The zero-order valence-corrected chi connectivity index (χ0v) is 23.0. The number of ether oxygens (including phenoxy) is 3. The number of carbonyl (C=O) groups is 2. The molecule has 39 heavy (non-hydrogen) atoms. The third-order valence-electron chi connectivity index (χ3n) is 9.90. The van der Waals surface area contributed by atoms with Crippen LogP contribution in [0, 0.1) is 11.8 Å². The maximum atomic E-state index is 12.9. The average molecular weight is 533 g/mol. The number of rotatable bonds is 8. The predicted molar refractivity (Wildman–Crippen MR) is 147 cm³/mol. The lowest BCUT2D eigenvalue weighted by molar-refractivity contribution is -0.0890. The number of nitrogens with zero attached hydrogens (tertiary/aromatic N) is 2. The molecule has 4 aliphatic rings. The molecule has 0 radical (unpaired) electrons. The maximum Gasteiger partial charge on any atom is 0.338 e. The molecule has 7 heteroatoms. The number of carbonyl (C=O) groups excluding carboxylic acids is 2. The van der Waals surface area contributed by atoms with Crippen LogP contribution in [-0.4, -0.2) is 85.4 Å². The van der Waals surface area contributed by atoms with Crippen LogP contribution in [0.5, 0.6) is 0 Å². The number of piperidine rings is 2. The van der Waals surface area contributed by atoms with E-state index in [2.05, 4.69) is 23.9 Å². The maximum absolute atomic E-state index is 12.9. The summed E-state index contributed by atoms with van der Waals surface area (Å²) in [6.07, 6.45) is 5.81. The van der Waals surface area contributed by atoms with Crippen molar-refractivity contribution in [3.05, 3.63) is 71.8 Å². The highest BCUT2D eigenvalue weighted by molar-refractivity contribution is 5.89. The Hall–Kier alpha value is -2.74. The second-order valence-electron chi connectivity index (χ2n) is 11.9. The molecule has 4 heterocycles. The van der Waals surface area contributed by atoms with E-state index >= 15 is 0 Å². The molecule has 6 rings (SSSR count). The molecule has 7 nitrogen and oxygen atoms in total. The van der Waals surface area contributed by atoms with E-state index in [4.69, 9.17) is 14.2 Å². The number of hydrogen-bond acceptors (Lipinski definition) is 7. The van der Waals surface area contributed by atoms with E-state index in [0.29, 0.717) is 48.5 Å². The molecule has 4 fully saturated rings. The van der Waals surface area contributed by atoms with Gasteiger partial charge >= 0.3 is 11.9 Å². The molecule has 4 bridgehead atoms. The van der Waals surface area contributed by atoms with Gasteiger partial charge in [-0.05, 0) is 64.0 Å². The van der Waals surface area contributed by atoms with Crippen LogP contribution >= 0.6 is 0 Å². The molecule has 0 N–H and O–H groups in total. The van der Waals surface area contributed by atoms with E-state index < -0.39 is 0 Å². The zero-order chi connectivity index (χ0) is 26.9. The van der Waals surface area contributed by atoms with Crippen molar-refractivity contribution in [3.63, 3.8) is 0 Å². The van der Waals surface area contributed by atoms with Crippen LogP contribution in [0.15, 0.2) is 60.7 Å². The summed E-state index contributed by atoms with van der Waals surface area (Å²) in [7, 11) is 4.39. The summed E-state index contributed by atoms with van der Waals surface area (Å²) >= 11 is 0. The van der Waals surface area contributed by atoms with E-state index in [0.717, 1.165) is 38.5 Å². The van der Waals surface area contributed by atoms with Crippen molar-refractivity contribution in [2.45, 2.75) is 74.9 Å². The Kier molecular flexibility index (Phi) is 7.74. The first-order valence-corrected chi connectivity index (χ1v) is 14.5. The highest BCUT2D eigenvalue weighted by Crippen LogP contribution is 2.42. The number of fused-ring (bicyclic) bond motifs is 4. The van der Waals surface area contributed by atoms with Gasteiger partial charge in [-0.25, -0.2) is 9.59 Å². The van der Waals surface area contributed by atoms with E-state index in [1.54, 1.807) is 0 Å². The second kappa shape index (κ2) is 11.4. The Morgan fingerprint density at radius 1 is 0.667 bits per heavy atom. The highest BCUT2D eigenvalue weighted by atomic mass is 16.6. The lowest BCUT2D eigenvalue weighted by Crippen LogP contribution is -2.53. The molecule has 4 aliphatic heterocycles. The van der Waals surface area contributed by atoms with Gasteiger partial charge in [-0.3, -0.25) is 9.80 Å². The van der Waals surface area contributed by atoms with Crippen LogP contribution in [-0.2, 0) is 14.2 Å². The van der Waals surface area contributed by atoms with Gasteiger partial charge in [0.25, 0.3) is 0 Å². The Bertz CT molecular complexity index is 1050. The van der Waals surface area contributed by atoms with Crippen LogP contribution in [0.3, 0.4) is 0 Å². The fraction of sp³-hybridized carbons (Fsp3) is 0.562. The molecule has 208 valence electrons. The molecular formula is C32H40N2O5. The van der Waals surface area contributed by atoms with E-state index in [1.165, 1.54) is 0 Å². The minimum absolute atomic E-state index is 0.115. The molecule has 8 unspecified atom stereocenters. The Balaban J connectivity index is 1.13. The van der Waals surface area contributed by atoms with Crippen molar-refractivity contribution >= 4 is 11.9 Å². The summed E-state index contributed by atoms with van der Waals surface area (Å²) in [5.41, 5.74) is 1.18. The van der Waals surface area contributed by atoms with Crippen LogP contribution in [0.25, 0.3) is 0 Å². The van der Waals surface area contributed by atoms with E-state index in [9.17, 15) is 9.59 Å². The number of benzene rings is 2. The van der Waals surface area contributed by atoms with E-state index in [1.807, 2.05) is 60.7 Å². The van der Waals surface area contributed by atoms with Gasteiger partial charge in [0, 0.05) is 48.8 Å². The van der Waals surface area contributed by atoms with Gasteiger partial charge in [0.2, 0.25) is 0 Å². The molecule has 4 saturated heterocycles. The minimum Gasteiger partial charge on any atom is -0.458 e. The van der Waals surface area contributed by atoms with Gasteiger partial charge in [-0.2, -0.15) is 0 Å². The Morgan fingerprint density at radius 3 is 1.49 bits per heavy atom. The number of hydrogen-bond donors (Lipinski definition) is 0. The van der Waals surface area contributed by atoms with Crippen molar-refractivity contribution in [1.29, 1.82) is 0 Å². The van der Waals surface area contributed by atoms with Crippen molar-refractivity contribution in [1.82, 2.24) is 9.80 Å². The number of esters is 2. The third kappa shape index (κ3) is 5.37. The summed E-state index contributed by atoms with van der Waals surface area (Å²) in [6, 6.07) is 20.1. The topological polar surface area (TPSA) is 68.3 Å². The SMILES string of the molecule is CN1C2CCC1C(COCC1C(OC(=O)c3ccccc3)CC3CCC1N3C)C(OC(=O)c1ccccc1)C2. The molecule has 0 aromatic heterocycles. The monoisotopic (exact) mass is 532 g/mol. The van der Waals surface area contributed by atoms with Gasteiger partial charge in [-0.15, -0.1) is 0 Å². The zero-order valence-electron chi connectivity index (χ0n) is 23.0. The largest absolute Gasteiger partial charge is 0.458 e. The Labute approximate surface area is 231 Å². The first-order chi connectivity index (χ1) is 19.0. The molecular weight excluding hydrogens is 492 g/mol. The quantitative estimate of drug-likeness (QED) is 0.466. The average Bonchev–Trinajstić information content (AvgIpc) is 3.35. The fourth-order valence-corrected chi connectivity index (χ4v) is 7.67. The Morgan fingerprint density at radius 2 is 1.08 bits per heavy atom. The van der Waals surface area contributed by atoms with Gasteiger partial charge in [0.15, 0.2) is 0 Å². The standard InChI is InChI=1S/C32H40N2O5/c1-33-23-13-15-27(33)25(29(17-23)38-31(35)21-9-5-3-6-10-21)19-37-20-26-28-16-14-24(34(28)2)18-30(26)39-32(36)22-11-7-4-8-12-22/h3-12,23-30H,13-20H2,1-2H3. The van der Waals surface area contributed by atoms with E-state index in [-0.39, 0.29) is 36.0 Å². The molecule has 8 atom stereocenters. The van der Waals surface area contributed by atoms with Gasteiger partial charge in [-0.1, -0.05) is 36.4 Å².